The summed E-state index contributed by atoms with van der Waals surface area (Å²) in [4.78, 5) is 2.11. The molecule has 0 saturated heterocycles. The third kappa shape index (κ3) is 5.67. The Bertz CT molecular complexity index is 632. The van der Waals surface area contributed by atoms with Crippen LogP contribution in [0, 0.1) is 0 Å². The SMILES string of the molecule is COCCOCOC1CC(CN(C)C)Sc2sc(S(N)(=O)=O)cc21. The van der Waals surface area contributed by atoms with Gasteiger partial charge in [-0.25, -0.2) is 13.6 Å². The highest BCUT2D eigenvalue weighted by atomic mass is 32.3. The van der Waals surface area contributed by atoms with E-state index in [1.54, 1.807) is 24.9 Å². The fourth-order valence-corrected chi connectivity index (χ4v) is 6.38. The molecule has 2 atom stereocenters. The van der Waals surface area contributed by atoms with Crippen molar-refractivity contribution in [2.75, 3.05) is 47.8 Å². The molecule has 24 heavy (non-hydrogen) atoms. The molecule has 2 rings (SSSR count). The maximum absolute atomic E-state index is 11.6. The van der Waals surface area contributed by atoms with Crippen LogP contribution < -0.4 is 5.14 Å². The van der Waals surface area contributed by atoms with Crippen molar-refractivity contribution in [3.63, 3.8) is 0 Å². The topological polar surface area (TPSA) is 91.1 Å². The zero-order chi connectivity index (χ0) is 17.7. The van der Waals surface area contributed by atoms with Gasteiger partial charge in [-0.05, 0) is 26.6 Å². The average molecular weight is 397 g/mol. The van der Waals surface area contributed by atoms with E-state index in [-0.39, 0.29) is 17.1 Å². The Morgan fingerprint density at radius 3 is 2.75 bits per heavy atom. The highest BCUT2D eigenvalue weighted by Crippen LogP contribution is 2.47. The Morgan fingerprint density at radius 2 is 2.12 bits per heavy atom. The number of rotatable bonds is 9. The summed E-state index contributed by atoms with van der Waals surface area (Å²) in [6, 6.07) is 1.63. The number of ether oxygens (including phenoxy) is 3. The van der Waals surface area contributed by atoms with Gasteiger partial charge >= 0.3 is 0 Å². The number of hydrogen-bond donors (Lipinski definition) is 1. The molecule has 0 aliphatic carbocycles. The van der Waals surface area contributed by atoms with Crippen LogP contribution in [0.1, 0.15) is 18.1 Å². The van der Waals surface area contributed by atoms with Gasteiger partial charge in [0.15, 0.2) is 0 Å². The molecule has 1 aliphatic heterocycles. The first-order chi connectivity index (χ1) is 11.3. The van der Waals surface area contributed by atoms with E-state index in [1.165, 1.54) is 11.3 Å². The van der Waals surface area contributed by atoms with Crippen LogP contribution in [0.4, 0.5) is 0 Å². The Morgan fingerprint density at radius 1 is 1.38 bits per heavy atom. The van der Waals surface area contributed by atoms with Crippen LogP contribution in [0.5, 0.6) is 0 Å². The molecule has 2 unspecified atom stereocenters. The minimum absolute atomic E-state index is 0.146. The predicted octanol–water partition coefficient (Wildman–Crippen LogP) is 1.50. The molecule has 1 aromatic rings. The molecule has 2 N–H and O–H groups in total. The van der Waals surface area contributed by atoms with Crippen LogP contribution in [0.15, 0.2) is 14.5 Å². The maximum atomic E-state index is 11.6. The van der Waals surface area contributed by atoms with Gasteiger partial charge in [-0.3, -0.25) is 0 Å². The average Bonchev–Trinajstić information content (AvgIpc) is 2.90. The lowest BCUT2D eigenvalue weighted by molar-refractivity contribution is -0.102. The Balaban J connectivity index is 2.11. The number of thiophene rings is 1. The minimum atomic E-state index is -3.70. The van der Waals surface area contributed by atoms with E-state index in [1.807, 2.05) is 14.1 Å². The predicted molar refractivity (Wildman–Crippen MR) is 95.0 cm³/mol. The number of nitrogens with two attached hydrogens (primary N) is 1. The van der Waals surface area contributed by atoms with Gasteiger partial charge in [0.25, 0.3) is 0 Å². The zero-order valence-corrected chi connectivity index (χ0v) is 16.5. The molecule has 2 heterocycles. The summed E-state index contributed by atoms with van der Waals surface area (Å²) in [6.07, 6.45) is 0.602. The third-order valence-corrected chi connectivity index (χ3v) is 7.46. The number of hydrogen-bond acceptors (Lipinski definition) is 8. The standard InChI is InChI=1S/C14H24N2O5S3/c1-16(2)8-10-6-12(21-9-20-5-4-19-3)11-7-13(24(15,17)18)23-14(11)22-10/h7,10,12H,4-6,8-9H2,1-3H3,(H2,15,17,18). The summed E-state index contributed by atoms with van der Waals surface area (Å²) >= 11 is 2.90. The number of thioether (sulfide) groups is 1. The quantitative estimate of drug-likeness (QED) is 0.499. The summed E-state index contributed by atoms with van der Waals surface area (Å²) < 4.78 is 40.6. The van der Waals surface area contributed by atoms with Gasteiger partial charge in [-0.15, -0.1) is 23.1 Å². The molecule has 0 spiro atoms. The van der Waals surface area contributed by atoms with Crippen molar-refractivity contribution in [3.8, 4) is 0 Å². The summed E-state index contributed by atoms with van der Waals surface area (Å²) in [7, 11) is 1.95. The minimum Gasteiger partial charge on any atom is -0.382 e. The second-order valence-electron chi connectivity index (χ2n) is 5.77. The van der Waals surface area contributed by atoms with Crippen LogP contribution in [-0.2, 0) is 24.2 Å². The van der Waals surface area contributed by atoms with Crippen molar-refractivity contribution < 1.29 is 22.6 Å². The Hall–Kier alpha value is -0.200. The second kappa shape index (κ2) is 8.95. The number of sulfonamides is 1. The summed E-state index contributed by atoms with van der Waals surface area (Å²) in [5, 5.41) is 5.59. The lowest BCUT2D eigenvalue weighted by Crippen LogP contribution is -2.28. The fraction of sp³-hybridized carbons (Fsp3) is 0.714. The van der Waals surface area contributed by atoms with Gasteiger partial charge < -0.3 is 19.1 Å². The summed E-state index contributed by atoms with van der Waals surface area (Å²) in [6.45, 7) is 1.99. The van der Waals surface area contributed by atoms with Crippen LogP contribution in [0.2, 0.25) is 0 Å². The Labute approximate surface area is 151 Å². The van der Waals surface area contributed by atoms with Gasteiger partial charge in [-0.2, -0.15) is 0 Å². The van der Waals surface area contributed by atoms with Crippen molar-refractivity contribution in [1.29, 1.82) is 0 Å². The molecule has 0 amide bonds. The number of fused-ring (bicyclic) bond motifs is 1. The summed E-state index contributed by atoms with van der Waals surface area (Å²) in [5.74, 6) is 0. The zero-order valence-electron chi connectivity index (χ0n) is 14.1. The van der Waals surface area contributed by atoms with E-state index in [0.29, 0.717) is 18.5 Å². The van der Waals surface area contributed by atoms with E-state index in [2.05, 4.69) is 4.90 Å². The summed E-state index contributed by atoms with van der Waals surface area (Å²) in [5.41, 5.74) is 0.888. The molecule has 0 aromatic carbocycles. The third-order valence-electron chi connectivity index (χ3n) is 3.43. The van der Waals surface area contributed by atoms with E-state index >= 15 is 0 Å². The molecule has 138 valence electrons. The van der Waals surface area contributed by atoms with Gasteiger partial charge in [0.05, 0.1) is 23.5 Å². The first-order valence-electron chi connectivity index (χ1n) is 7.47. The van der Waals surface area contributed by atoms with Crippen LogP contribution in [-0.4, -0.2) is 66.3 Å². The van der Waals surface area contributed by atoms with Crippen LogP contribution in [0.3, 0.4) is 0 Å². The molecule has 10 heteroatoms. The smallest absolute Gasteiger partial charge is 0.247 e. The van der Waals surface area contributed by atoms with E-state index < -0.39 is 10.0 Å². The van der Waals surface area contributed by atoms with Gasteiger partial charge in [0.2, 0.25) is 10.0 Å². The first-order valence-corrected chi connectivity index (χ1v) is 10.7. The van der Waals surface area contributed by atoms with Crippen molar-refractivity contribution >= 4 is 33.1 Å². The van der Waals surface area contributed by atoms with Gasteiger partial charge in [-0.1, -0.05) is 0 Å². The lowest BCUT2D eigenvalue weighted by Gasteiger charge is -2.30. The van der Waals surface area contributed by atoms with E-state index in [0.717, 1.165) is 22.7 Å². The van der Waals surface area contributed by atoms with E-state index in [9.17, 15) is 8.42 Å². The largest absolute Gasteiger partial charge is 0.382 e. The van der Waals surface area contributed by atoms with E-state index in [4.69, 9.17) is 19.3 Å². The van der Waals surface area contributed by atoms with Crippen molar-refractivity contribution in [1.82, 2.24) is 4.90 Å². The van der Waals surface area contributed by atoms with Crippen LogP contribution >= 0.6 is 23.1 Å². The molecule has 7 nitrogen and oxygen atoms in total. The molecule has 0 saturated carbocycles. The normalized spacial score (nSPS) is 21.2. The second-order valence-corrected chi connectivity index (χ2v) is 10.2. The maximum Gasteiger partial charge on any atom is 0.247 e. The number of methoxy groups -OCH3 is 1. The van der Waals surface area contributed by atoms with Gasteiger partial charge in [0.1, 0.15) is 11.0 Å². The van der Waals surface area contributed by atoms with Gasteiger partial charge in [0, 0.05) is 24.5 Å². The highest BCUT2D eigenvalue weighted by molar-refractivity contribution is 8.02. The van der Waals surface area contributed by atoms with Crippen LogP contribution in [0.25, 0.3) is 0 Å². The highest BCUT2D eigenvalue weighted by Gasteiger charge is 2.32. The van der Waals surface area contributed by atoms with Crippen molar-refractivity contribution in [2.24, 2.45) is 5.14 Å². The molecule has 0 radical (unpaired) electrons. The fourth-order valence-electron chi connectivity index (χ4n) is 2.40. The molecular formula is C14H24N2O5S3. The number of primary sulfonamides is 1. The molecule has 1 aromatic heterocycles. The molecular weight excluding hydrogens is 372 g/mol. The molecule has 0 bridgehead atoms. The monoisotopic (exact) mass is 396 g/mol. The van der Waals surface area contributed by atoms with Crippen molar-refractivity contribution in [3.05, 3.63) is 11.6 Å². The molecule has 1 aliphatic rings. The lowest BCUT2D eigenvalue weighted by atomic mass is 10.1. The van der Waals surface area contributed by atoms with Crippen molar-refractivity contribution in [2.45, 2.75) is 26.2 Å². The Kier molecular flexibility index (Phi) is 7.50. The number of nitrogens with zero attached hydrogens (tertiary/aromatic N) is 1. The molecule has 0 fully saturated rings. The first kappa shape index (κ1) is 20.1.